The highest BCUT2D eigenvalue weighted by Crippen LogP contribution is 2.33. The van der Waals surface area contributed by atoms with Crippen LogP contribution in [0, 0.1) is 10.1 Å². The molecule has 0 saturated carbocycles. The van der Waals surface area contributed by atoms with Crippen LogP contribution in [-0.2, 0) is 0 Å². The van der Waals surface area contributed by atoms with Crippen LogP contribution in [0.5, 0.6) is 11.8 Å². The molecule has 0 unspecified atom stereocenters. The van der Waals surface area contributed by atoms with Crippen molar-refractivity contribution < 1.29 is 14.4 Å². The smallest absolute Gasteiger partial charge is 0.392 e. The van der Waals surface area contributed by atoms with E-state index in [1.54, 1.807) is 0 Å². The van der Waals surface area contributed by atoms with E-state index in [4.69, 9.17) is 5.73 Å². The first-order valence-electron chi connectivity index (χ1n) is 3.50. The van der Waals surface area contributed by atoms with Crippen LogP contribution in [0.25, 0.3) is 0 Å². The summed E-state index contributed by atoms with van der Waals surface area (Å²) in [5, 5.41) is 10.6. The predicted octanol–water partition coefficient (Wildman–Crippen LogP) is -0.0158. The molecule has 0 aliphatic carbocycles. The van der Waals surface area contributed by atoms with Crippen molar-refractivity contribution in [3.63, 3.8) is 0 Å². The summed E-state index contributed by atoms with van der Waals surface area (Å²) in [6.45, 7) is 0. The molecule has 8 heteroatoms. The monoisotopic (exact) mass is 200 g/mol. The van der Waals surface area contributed by atoms with E-state index < -0.39 is 10.6 Å². The minimum absolute atomic E-state index is 0.149. The van der Waals surface area contributed by atoms with Gasteiger partial charge in [-0.05, 0) is 0 Å². The third-order valence-corrected chi connectivity index (χ3v) is 1.41. The molecule has 0 radical (unpaired) electrons. The second kappa shape index (κ2) is 3.73. The van der Waals surface area contributed by atoms with Crippen LogP contribution in [0.4, 0.5) is 11.6 Å². The molecule has 1 rings (SSSR count). The van der Waals surface area contributed by atoms with Gasteiger partial charge in [0, 0.05) is 0 Å². The van der Waals surface area contributed by atoms with Gasteiger partial charge < -0.3 is 15.2 Å². The van der Waals surface area contributed by atoms with E-state index in [-0.39, 0.29) is 17.7 Å². The van der Waals surface area contributed by atoms with Crippen molar-refractivity contribution in [1.82, 2.24) is 9.97 Å². The SMILES string of the molecule is COc1nc(N)nc(OC)c1[N+](=O)[O-]. The molecule has 0 spiro atoms. The Labute approximate surface area is 78.8 Å². The van der Waals surface area contributed by atoms with Gasteiger partial charge in [0.15, 0.2) is 0 Å². The Hall–Kier alpha value is -2.12. The van der Waals surface area contributed by atoms with Crippen LogP contribution >= 0.6 is 0 Å². The second-order valence-electron chi connectivity index (χ2n) is 2.21. The number of rotatable bonds is 3. The second-order valence-corrected chi connectivity index (χ2v) is 2.21. The van der Waals surface area contributed by atoms with Crippen LogP contribution in [0.3, 0.4) is 0 Å². The van der Waals surface area contributed by atoms with Crippen LogP contribution in [0.15, 0.2) is 0 Å². The van der Waals surface area contributed by atoms with Gasteiger partial charge in [0.2, 0.25) is 5.95 Å². The van der Waals surface area contributed by atoms with Gasteiger partial charge in [-0.1, -0.05) is 0 Å². The number of nitrogen functional groups attached to an aromatic ring is 1. The molecule has 1 heterocycles. The molecule has 0 aliphatic rings. The van der Waals surface area contributed by atoms with Gasteiger partial charge in [0.25, 0.3) is 0 Å². The van der Waals surface area contributed by atoms with E-state index in [0.717, 1.165) is 0 Å². The number of hydrogen-bond acceptors (Lipinski definition) is 7. The molecule has 0 aliphatic heterocycles. The molecular formula is C6H8N4O4. The molecule has 1 aromatic rings. The molecule has 8 nitrogen and oxygen atoms in total. The van der Waals surface area contributed by atoms with Gasteiger partial charge in [0.05, 0.1) is 19.1 Å². The van der Waals surface area contributed by atoms with Crippen LogP contribution < -0.4 is 15.2 Å². The van der Waals surface area contributed by atoms with Gasteiger partial charge in [0.1, 0.15) is 0 Å². The normalized spacial score (nSPS) is 9.57. The van der Waals surface area contributed by atoms with E-state index in [1.807, 2.05) is 0 Å². The van der Waals surface area contributed by atoms with Gasteiger partial charge in [-0.3, -0.25) is 10.1 Å². The van der Waals surface area contributed by atoms with Crippen molar-refractivity contribution in [2.75, 3.05) is 20.0 Å². The van der Waals surface area contributed by atoms with E-state index in [2.05, 4.69) is 19.4 Å². The summed E-state index contributed by atoms with van der Waals surface area (Å²) in [6.07, 6.45) is 0. The first kappa shape index (κ1) is 9.96. The Morgan fingerprint density at radius 3 is 2.00 bits per heavy atom. The first-order chi connectivity index (χ1) is 6.60. The summed E-state index contributed by atoms with van der Waals surface area (Å²) in [4.78, 5) is 17.0. The third kappa shape index (κ3) is 1.63. The molecular weight excluding hydrogens is 192 g/mol. The molecule has 0 fully saturated rings. The standard InChI is InChI=1S/C6H8N4O4/c1-13-4-3(10(11)12)5(14-2)9-6(7)8-4/h1-2H3,(H2,7,8,9). The maximum absolute atomic E-state index is 10.6. The summed E-state index contributed by atoms with van der Waals surface area (Å²) in [5.41, 5.74) is 4.83. The maximum Gasteiger partial charge on any atom is 0.392 e. The van der Waals surface area contributed by atoms with Crippen LogP contribution in [0.1, 0.15) is 0 Å². The average Bonchev–Trinajstić information content (AvgIpc) is 2.15. The van der Waals surface area contributed by atoms with E-state index in [1.165, 1.54) is 14.2 Å². The fourth-order valence-corrected chi connectivity index (χ4v) is 0.871. The number of methoxy groups -OCH3 is 2. The van der Waals surface area contributed by atoms with Crippen LogP contribution in [0.2, 0.25) is 0 Å². The molecule has 2 N–H and O–H groups in total. The molecule has 0 saturated heterocycles. The summed E-state index contributed by atoms with van der Waals surface area (Å²) < 4.78 is 9.35. The van der Waals surface area contributed by atoms with Gasteiger partial charge >= 0.3 is 17.4 Å². The van der Waals surface area contributed by atoms with Crippen molar-refractivity contribution in [3.05, 3.63) is 10.1 Å². The number of aromatic nitrogens is 2. The number of anilines is 1. The van der Waals surface area contributed by atoms with E-state index in [9.17, 15) is 10.1 Å². The van der Waals surface area contributed by atoms with Crippen molar-refractivity contribution in [2.24, 2.45) is 0 Å². The topological polar surface area (TPSA) is 113 Å². The molecule has 0 bridgehead atoms. The highest BCUT2D eigenvalue weighted by Gasteiger charge is 2.26. The molecule has 0 amide bonds. The molecule has 14 heavy (non-hydrogen) atoms. The molecule has 76 valence electrons. The summed E-state index contributed by atoms with van der Waals surface area (Å²) in [5.74, 6) is -0.594. The highest BCUT2D eigenvalue weighted by molar-refractivity contribution is 5.52. The minimum Gasteiger partial charge on any atom is -0.476 e. The lowest BCUT2D eigenvalue weighted by molar-refractivity contribution is -0.387. The zero-order valence-corrected chi connectivity index (χ0v) is 7.55. The lowest BCUT2D eigenvalue weighted by Crippen LogP contribution is -2.05. The largest absolute Gasteiger partial charge is 0.476 e. The number of hydrogen-bond donors (Lipinski definition) is 1. The lowest BCUT2D eigenvalue weighted by Gasteiger charge is -2.04. The number of nitrogens with two attached hydrogens (primary N) is 1. The fraction of sp³-hybridized carbons (Fsp3) is 0.333. The highest BCUT2D eigenvalue weighted by atomic mass is 16.6. The average molecular weight is 200 g/mol. The zero-order chi connectivity index (χ0) is 10.7. The van der Waals surface area contributed by atoms with Crippen molar-refractivity contribution in [2.45, 2.75) is 0 Å². The number of nitro groups is 1. The molecule has 0 aromatic carbocycles. The van der Waals surface area contributed by atoms with Crippen molar-refractivity contribution in [3.8, 4) is 11.8 Å². The zero-order valence-electron chi connectivity index (χ0n) is 7.55. The number of nitrogens with zero attached hydrogens (tertiary/aromatic N) is 3. The molecule has 1 aromatic heterocycles. The van der Waals surface area contributed by atoms with Crippen molar-refractivity contribution in [1.29, 1.82) is 0 Å². The first-order valence-corrected chi connectivity index (χ1v) is 3.50. The Morgan fingerprint density at radius 2 is 1.71 bits per heavy atom. The summed E-state index contributed by atoms with van der Waals surface area (Å²) >= 11 is 0. The van der Waals surface area contributed by atoms with Gasteiger partial charge in [-0.15, -0.1) is 0 Å². The predicted molar refractivity (Wildman–Crippen MR) is 46.2 cm³/mol. The minimum atomic E-state index is -0.697. The lowest BCUT2D eigenvalue weighted by atomic mass is 10.5. The van der Waals surface area contributed by atoms with Gasteiger partial charge in [-0.2, -0.15) is 9.97 Å². The van der Waals surface area contributed by atoms with Gasteiger partial charge in [-0.25, -0.2) is 0 Å². The molecule has 0 atom stereocenters. The maximum atomic E-state index is 10.6. The van der Waals surface area contributed by atoms with Crippen molar-refractivity contribution >= 4 is 11.6 Å². The summed E-state index contributed by atoms with van der Waals surface area (Å²) in [6, 6.07) is 0. The third-order valence-electron chi connectivity index (χ3n) is 1.41. The summed E-state index contributed by atoms with van der Waals surface area (Å²) in [7, 11) is 2.49. The Bertz CT molecular complexity index is 342. The Kier molecular flexibility index (Phi) is 2.65. The van der Waals surface area contributed by atoms with E-state index >= 15 is 0 Å². The fourth-order valence-electron chi connectivity index (χ4n) is 0.871. The van der Waals surface area contributed by atoms with E-state index in [0.29, 0.717) is 0 Å². The number of ether oxygens (including phenoxy) is 2. The Morgan fingerprint density at radius 1 is 1.29 bits per heavy atom. The quantitative estimate of drug-likeness (QED) is 0.538. The Balaban J connectivity index is 3.40. The van der Waals surface area contributed by atoms with Crippen LogP contribution in [-0.4, -0.2) is 29.1 Å².